The molecule has 86 valence electrons. The van der Waals surface area contributed by atoms with Crippen LogP contribution in [0, 0.1) is 11.8 Å². The number of carbonyl (C=O) groups excluding carboxylic acids is 1. The van der Waals surface area contributed by atoms with E-state index in [1.807, 2.05) is 6.92 Å². The standard InChI is InChI=1S/C13H22O2/c1-5-9(2)13(14)15-12-10(3)7-6-8-11(12)4/h5,10-12H,6-8H2,1-4H3/b9-5+/t10-,11+,12?. The lowest BCUT2D eigenvalue weighted by molar-refractivity contribution is -0.151. The zero-order valence-electron chi connectivity index (χ0n) is 10.2. The fraction of sp³-hybridized carbons (Fsp3) is 0.769. The summed E-state index contributed by atoms with van der Waals surface area (Å²) in [5, 5.41) is 0. The third-order valence-corrected chi connectivity index (χ3v) is 3.44. The van der Waals surface area contributed by atoms with E-state index in [4.69, 9.17) is 4.74 Å². The van der Waals surface area contributed by atoms with Crippen LogP contribution in [0.3, 0.4) is 0 Å². The van der Waals surface area contributed by atoms with E-state index in [1.165, 1.54) is 19.3 Å². The minimum atomic E-state index is -0.150. The molecule has 1 rings (SSSR count). The summed E-state index contributed by atoms with van der Waals surface area (Å²) in [6.07, 6.45) is 5.54. The number of hydrogen-bond acceptors (Lipinski definition) is 2. The molecule has 0 aromatic rings. The minimum absolute atomic E-state index is 0.112. The molecule has 15 heavy (non-hydrogen) atoms. The molecule has 0 aromatic carbocycles. The van der Waals surface area contributed by atoms with Crippen molar-refractivity contribution in [1.29, 1.82) is 0 Å². The van der Waals surface area contributed by atoms with Crippen LogP contribution in [0.5, 0.6) is 0 Å². The second-order valence-electron chi connectivity index (χ2n) is 4.73. The molecule has 0 aromatic heterocycles. The number of esters is 1. The molecule has 1 aliphatic carbocycles. The summed E-state index contributed by atoms with van der Waals surface area (Å²) in [5.41, 5.74) is 0.708. The number of hydrogen-bond donors (Lipinski definition) is 0. The normalized spacial score (nSPS) is 32.5. The first kappa shape index (κ1) is 12.3. The second kappa shape index (κ2) is 5.34. The van der Waals surface area contributed by atoms with Crippen LogP contribution < -0.4 is 0 Å². The average molecular weight is 210 g/mol. The molecule has 0 saturated heterocycles. The largest absolute Gasteiger partial charge is 0.458 e. The summed E-state index contributed by atoms with van der Waals surface area (Å²) in [7, 11) is 0. The Balaban J connectivity index is 2.59. The summed E-state index contributed by atoms with van der Waals surface area (Å²) in [6, 6.07) is 0. The van der Waals surface area contributed by atoms with Crippen molar-refractivity contribution in [2.45, 2.75) is 53.1 Å². The van der Waals surface area contributed by atoms with Crippen molar-refractivity contribution in [2.24, 2.45) is 11.8 Å². The van der Waals surface area contributed by atoms with Crippen LogP contribution in [0.25, 0.3) is 0 Å². The van der Waals surface area contributed by atoms with E-state index in [0.717, 1.165) is 0 Å². The molecule has 1 fully saturated rings. The van der Waals surface area contributed by atoms with Gasteiger partial charge in [0, 0.05) is 5.57 Å². The molecule has 0 spiro atoms. The monoisotopic (exact) mass is 210 g/mol. The number of rotatable bonds is 2. The molecule has 1 unspecified atom stereocenters. The fourth-order valence-electron chi connectivity index (χ4n) is 2.22. The van der Waals surface area contributed by atoms with E-state index in [1.54, 1.807) is 13.0 Å². The molecular formula is C13H22O2. The van der Waals surface area contributed by atoms with Crippen LogP contribution in [0.2, 0.25) is 0 Å². The summed E-state index contributed by atoms with van der Waals surface area (Å²) in [4.78, 5) is 11.6. The van der Waals surface area contributed by atoms with Crippen molar-refractivity contribution < 1.29 is 9.53 Å². The lowest BCUT2D eigenvalue weighted by Crippen LogP contribution is -2.34. The minimum Gasteiger partial charge on any atom is -0.458 e. The summed E-state index contributed by atoms with van der Waals surface area (Å²) in [6.45, 7) is 8.03. The summed E-state index contributed by atoms with van der Waals surface area (Å²) in [5.74, 6) is 0.854. The molecule has 0 aliphatic heterocycles. The van der Waals surface area contributed by atoms with Gasteiger partial charge < -0.3 is 4.74 Å². The van der Waals surface area contributed by atoms with E-state index < -0.39 is 0 Å². The third-order valence-electron chi connectivity index (χ3n) is 3.44. The zero-order chi connectivity index (χ0) is 11.4. The van der Waals surface area contributed by atoms with Gasteiger partial charge in [-0.3, -0.25) is 0 Å². The predicted molar refractivity (Wildman–Crippen MR) is 61.5 cm³/mol. The number of carbonyl (C=O) groups is 1. The van der Waals surface area contributed by atoms with Crippen LogP contribution in [0.1, 0.15) is 47.0 Å². The van der Waals surface area contributed by atoms with Gasteiger partial charge in [0.1, 0.15) is 6.10 Å². The maximum absolute atomic E-state index is 11.6. The quantitative estimate of drug-likeness (QED) is 0.516. The van der Waals surface area contributed by atoms with Crippen molar-refractivity contribution in [1.82, 2.24) is 0 Å². The van der Waals surface area contributed by atoms with E-state index in [0.29, 0.717) is 17.4 Å². The Morgan fingerprint density at radius 1 is 1.27 bits per heavy atom. The molecule has 0 radical (unpaired) electrons. The maximum Gasteiger partial charge on any atom is 0.333 e. The van der Waals surface area contributed by atoms with Crippen LogP contribution in [0.4, 0.5) is 0 Å². The molecular weight excluding hydrogens is 188 g/mol. The van der Waals surface area contributed by atoms with Gasteiger partial charge in [-0.2, -0.15) is 0 Å². The fourth-order valence-corrected chi connectivity index (χ4v) is 2.22. The molecule has 1 saturated carbocycles. The maximum atomic E-state index is 11.6. The molecule has 0 amide bonds. The van der Waals surface area contributed by atoms with E-state index in [-0.39, 0.29) is 12.1 Å². The Morgan fingerprint density at radius 3 is 2.27 bits per heavy atom. The van der Waals surface area contributed by atoms with Crippen molar-refractivity contribution in [3.63, 3.8) is 0 Å². The smallest absolute Gasteiger partial charge is 0.333 e. The van der Waals surface area contributed by atoms with Gasteiger partial charge in [-0.25, -0.2) is 4.79 Å². The lowest BCUT2D eigenvalue weighted by Gasteiger charge is -2.33. The molecule has 2 nitrogen and oxygen atoms in total. The van der Waals surface area contributed by atoms with Gasteiger partial charge in [0.2, 0.25) is 0 Å². The molecule has 3 atom stereocenters. The molecule has 0 N–H and O–H groups in total. The van der Waals surface area contributed by atoms with Crippen molar-refractivity contribution in [3.8, 4) is 0 Å². The Morgan fingerprint density at radius 2 is 1.80 bits per heavy atom. The first-order valence-electron chi connectivity index (χ1n) is 5.90. The van der Waals surface area contributed by atoms with Gasteiger partial charge in [-0.05, 0) is 38.5 Å². The second-order valence-corrected chi connectivity index (χ2v) is 4.73. The molecule has 2 heteroatoms. The van der Waals surface area contributed by atoms with E-state index in [2.05, 4.69) is 13.8 Å². The molecule has 1 aliphatic rings. The predicted octanol–water partition coefficient (Wildman–Crippen LogP) is 3.32. The highest BCUT2D eigenvalue weighted by molar-refractivity contribution is 5.87. The Labute approximate surface area is 92.7 Å². The average Bonchev–Trinajstić information content (AvgIpc) is 2.22. The first-order valence-corrected chi connectivity index (χ1v) is 5.90. The van der Waals surface area contributed by atoms with E-state index >= 15 is 0 Å². The summed E-state index contributed by atoms with van der Waals surface area (Å²) < 4.78 is 5.56. The highest BCUT2D eigenvalue weighted by Gasteiger charge is 2.30. The molecule has 0 heterocycles. The molecule has 0 bridgehead atoms. The SMILES string of the molecule is C/C=C(\C)C(=O)OC1[C@H](C)CCC[C@@H]1C. The van der Waals surface area contributed by atoms with Crippen molar-refractivity contribution in [2.75, 3.05) is 0 Å². The highest BCUT2D eigenvalue weighted by Crippen LogP contribution is 2.31. The van der Waals surface area contributed by atoms with Crippen molar-refractivity contribution >= 4 is 5.97 Å². The van der Waals surface area contributed by atoms with Gasteiger partial charge >= 0.3 is 5.97 Å². The Bertz CT molecular complexity index is 245. The summed E-state index contributed by atoms with van der Waals surface area (Å²) >= 11 is 0. The van der Waals surface area contributed by atoms with Gasteiger partial charge in [0.25, 0.3) is 0 Å². The Kier molecular flexibility index (Phi) is 4.37. The van der Waals surface area contributed by atoms with Gasteiger partial charge in [0.15, 0.2) is 0 Å². The van der Waals surface area contributed by atoms with Gasteiger partial charge in [-0.15, -0.1) is 0 Å². The van der Waals surface area contributed by atoms with Gasteiger partial charge in [-0.1, -0.05) is 26.3 Å². The zero-order valence-corrected chi connectivity index (χ0v) is 10.2. The van der Waals surface area contributed by atoms with Gasteiger partial charge in [0.05, 0.1) is 0 Å². The highest BCUT2D eigenvalue weighted by atomic mass is 16.5. The first-order chi connectivity index (χ1) is 7.06. The number of ether oxygens (including phenoxy) is 1. The van der Waals surface area contributed by atoms with Crippen LogP contribution >= 0.6 is 0 Å². The topological polar surface area (TPSA) is 26.3 Å². The van der Waals surface area contributed by atoms with Crippen LogP contribution in [-0.2, 0) is 9.53 Å². The lowest BCUT2D eigenvalue weighted by atomic mass is 9.80. The third kappa shape index (κ3) is 3.08. The van der Waals surface area contributed by atoms with Crippen molar-refractivity contribution in [3.05, 3.63) is 11.6 Å². The van der Waals surface area contributed by atoms with Crippen LogP contribution in [-0.4, -0.2) is 12.1 Å². The number of allylic oxidation sites excluding steroid dienone is 1. The Hall–Kier alpha value is -0.790. The van der Waals surface area contributed by atoms with Crippen LogP contribution in [0.15, 0.2) is 11.6 Å². The van der Waals surface area contributed by atoms with E-state index in [9.17, 15) is 4.79 Å².